The molecular formula is C29H25Cl3N4O5. The Kier molecular flexibility index (Phi) is 6.93. The van der Waals surface area contributed by atoms with Crippen LogP contribution in [0, 0.1) is 0 Å². The van der Waals surface area contributed by atoms with Gasteiger partial charge in [0.15, 0.2) is 0 Å². The molecular weight excluding hydrogens is 591 g/mol. The molecule has 1 saturated carbocycles. The number of carboxylic acid groups (broad SMARTS) is 1. The van der Waals surface area contributed by atoms with Crippen molar-refractivity contribution in [1.82, 2.24) is 15.4 Å². The standard InChI is InChI=1S/C29H25Cl3N4O5/c30-21-2-1-3-22(31)24(21)25-20(26(41-35-25)14-4-5-14)13-39-18-11-16-7-8-17(12-18)36(16)29-34-33-27(40-29)15-6-9-19(28(37)38)23(32)10-15/h1-3,6,9-10,14,16-18H,4-5,7-8,11-13H2,(H,37,38)/t16-,17+,18?. The molecule has 2 saturated heterocycles. The van der Waals surface area contributed by atoms with Crippen molar-refractivity contribution in [1.29, 1.82) is 0 Å². The summed E-state index contributed by atoms with van der Waals surface area (Å²) in [7, 11) is 0. The van der Waals surface area contributed by atoms with E-state index in [-0.39, 0.29) is 28.8 Å². The third-order valence-electron chi connectivity index (χ3n) is 8.20. The Bertz CT molecular complexity index is 1600. The smallest absolute Gasteiger partial charge is 0.337 e. The fourth-order valence-corrected chi connectivity index (χ4v) is 6.92. The SMILES string of the molecule is O=C(O)c1ccc(-c2nnc(N3[C@@H]4CC[C@H]3CC(OCc3c(-c5c(Cl)cccc5Cl)noc3C3CC3)C4)o2)cc1Cl. The first-order valence-electron chi connectivity index (χ1n) is 13.6. The zero-order valence-electron chi connectivity index (χ0n) is 21.7. The fraction of sp³-hybridized carbons (Fsp3) is 0.379. The van der Waals surface area contributed by atoms with Crippen LogP contribution in [0.5, 0.6) is 0 Å². The average Bonchev–Trinajstić information content (AvgIpc) is 3.41. The van der Waals surface area contributed by atoms with Crippen LogP contribution in [0.4, 0.5) is 6.01 Å². The molecule has 3 aliphatic rings. The van der Waals surface area contributed by atoms with E-state index in [4.69, 9.17) is 48.5 Å². The number of aromatic nitrogens is 3. The van der Waals surface area contributed by atoms with Crippen LogP contribution < -0.4 is 4.90 Å². The summed E-state index contributed by atoms with van der Waals surface area (Å²) in [6, 6.07) is 10.9. The quantitative estimate of drug-likeness (QED) is 0.213. The van der Waals surface area contributed by atoms with Crippen LogP contribution in [-0.4, -0.2) is 44.6 Å². The Morgan fingerprint density at radius 3 is 2.39 bits per heavy atom. The van der Waals surface area contributed by atoms with E-state index in [0.717, 1.165) is 49.8 Å². The molecule has 4 aromatic rings. The summed E-state index contributed by atoms with van der Waals surface area (Å²) < 4.78 is 18.4. The number of hydrogen-bond donors (Lipinski definition) is 1. The van der Waals surface area contributed by atoms with Gasteiger partial charge in [-0.3, -0.25) is 0 Å². The molecule has 9 nitrogen and oxygen atoms in total. The van der Waals surface area contributed by atoms with Crippen LogP contribution in [0.25, 0.3) is 22.7 Å². The minimum atomic E-state index is -1.09. The summed E-state index contributed by atoms with van der Waals surface area (Å²) in [5, 5.41) is 23.3. The molecule has 1 unspecified atom stereocenters. The van der Waals surface area contributed by atoms with Crippen LogP contribution in [0.3, 0.4) is 0 Å². The number of anilines is 1. The highest BCUT2D eigenvalue weighted by Gasteiger charge is 2.44. The molecule has 2 aliphatic heterocycles. The number of nitrogens with zero attached hydrogens (tertiary/aromatic N) is 4. The number of hydrogen-bond acceptors (Lipinski definition) is 8. The molecule has 2 aromatic carbocycles. The number of fused-ring (bicyclic) bond motifs is 2. The second-order valence-corrected chi connectivity index (χ2v) is 12.1. The number of aromatic carboxylic acids is 1. The summed E-state index contributed by atoms with van der Waals surface area (Å²) >= 11 is 19.2. The highest BCUT2D eigenvalue weighted by molar-refractivity contribution is 6.39. The summed E-state index contributed by atoms with van der Waals surface area (Å²) in [6.45, 7) is 0.369. The van der Waals surface area contributed by atoms with Gasteiger partial charge in [0, 0.05) is 34.7 Å². The molecule has 0 spiro atoms. The van der Waals surface area contributed by atoms with E-state index in [1.54, 1.807) is 18.2 Å². The summed E-state index contributed by atoms with van der Waals surface area (Å²) in [5.74, 6) is 0.427. The number of carbonyl (C=O) groups is 1. The molecule has 1 aliphatic carbocycles. The Morgan fingerprint density at radius 2 is 1.73 bits per heavy atom. The molecule has 3 fully saturated rings. The maximum atomic E-state index is 11.3. The maximum absolute atomic E-state index is 11.3. The lowest BCUT2D eigenvalue weighted by Crippen LogP contribution is -2.45. The van der Waals surface area contributed by atoms with Gasteiger partial charge in [-0.2, -0.15) is 0 Å². The normalized spacial score (nSPS) is 21.9. The Morgan fingerprint density at radius 1 is 1.00 bits per heavy atom. The van der Waals surface area contributed by atoms with Crippen molar-refractivity contribution < 1.29 is 23.6 Å². The van der Waals surface area contributed by atoms with Gasteiger partial charge >= 0.3 is 12.0 Å². The highest BCUT2D eigenvalue weighted by atomic mass is 35.5. The van der Waals surface area contributed by atoms with Crippen LogP contribution >= 0.6 is 34.8 Å². The molecule has 4 heterocycles. The number of carboxylic acids is 1. The van der Waals surface area contributed by atoms with E-state index in [0.29, 0.717) is 51.3 Å². The maximum Gasteiger partial charge on any atom is 0.337 e. The topological polar surface area (TPSA) is 115 Å². The number of halogens is 3. The molecule has 41 heavy (non-hydrogen) atoms. The molecule has 12 heteroatoms. The second kappa shape index (κ2) is 10.6. The van der Waals surface area contributed by atoms with Gasteiger partial charge in [-0.15, -0.1) is 5.10 Å². The summed E-state index contributed by atoms with van der Waals surface area (Å²) in [6.07, 6.45) is 5.83. The summed E-state index contributed by atoms with van der Waals surface area (Å²) in [5.41, 5.74) is 2.84. The third kappa shape index (κ3) is 4.99. The number of rotatable bonds is 8. The van der Waals surface area contributed by atoms with Gasteiger partial charge in [0.2, 0.25) is 5.89 Å². The molecule has 3 atom stereocenters. The van der Waals surface area contributed by atoms with Gasteiger partial charge in [-0.05, 0) is 68.9 Å². The molecule has 0 radical (unpaired) electrons. The molecule has 2 aromatic heterocycles. The lowest BCUT2D eigenvalue weighted by Gasteiger charge is -2.37. The largest absolute Gasteiger partial charge is 0.478 e. The lowest BCUT2D eigenvalue weighted by molar-refractivity contribution is 0.0139. The van der Waals surface area contributed by atoms with Crippen LogP contribution in [0.2, 0.25) is 15.1 Å². The first kappa shape index (κ1) is 26.8. The molecule has 2 bridgehead atoms. The van der Waals surface area contributed by atoms with Gasteiger partial charge < -0.3 is 23.7 Å². The Labute approximate surface area is 250 Å². The van der Waals surface area contributed by atoms with E-state index in [2.05, 4.69) is 20.3 Å². The van der Waals surface area contributed by atoms with E-state index in [1.165, 1.54) is 12.1 Å². The molecule has 212 valence electrons. The van der Waals surface area contributed by atoms with E-state index < -0.39 is 5.97 Å². The lowest BCUT2D eigenvalue weighted by atomic mass is 10.00. The zero-order chi connectivity index (χ0) is 28.2. The van der Waals surface area contributed by atoms with Crippen LogP contribution in [0.15, 0.2) is 45.3 Å². The average molecular weight is 616 g/mol. The monoisotopic (exact) mass is 614 g/mol. The van der Waals surface area contributed by atoms with Crippen molar-refractivity contribution in [3.8, 4) is 22.7 Å². The Hall–Kier alpha value is -3.11. The Balaban J connectivity index is 1.07. The number of benzene rings is 2. The predicted octanol–water partition coefficient (Wildman–Crippen LogP) is 7.64. The highest BCUT2D eigenvalue weighted by Crippen LogP contribution is 2.47. The fourth-order valence-electron chi connectivity index (χ4n) is 6.08. The first-order chi connectivity index (χ1) is 19.9. The van der Waals surface area contributed by atoms with Gasteiger partial charge in [0.25, 0.3) is 0 Å². The minimum Gasteiger partial charge on any atom is -0.478 e. The van der Waals surface area contributed by atoms with Crippen molar-refractivity contribution in [2.24, 2.45) is 0 Å². The van der Waals surface area contributed by atoms with E-state index in [1.807, 2.05) is 6.07 Å². The molecule has 0 amide bonds. The summed E-state index contributed by atoms with van der Waals surface area (Å²) in [4.78, 5) is 13.5. The van der Waals surface area contributed by atoms with E-state index in [9.17, 15) is 9.90 Å². The van der Waals surface area contributed by atoms with Gasteiger partial charge in [0.1, 0.15) is 11.5 Å². The van der Waals surface area contributed by atoms with Crippen molar-refractivity contribution in [2.45, 2.75) is 69.2 Å². The third-order valence-corrected chi connectivity index (χ3v) is 9.14. The predicted molar refractivity (Wildman–Crippen MR) is 153 cm³/mol. The van der Waals surface area contributed by atoms with Crippen LogP contribution in [0.1, 0.15) is 66.1 Å². The van der Waals surface area contributed by atoms with Gasteiger partial charge in [0.05, 0.1) is 33.3 Å². The molecule has 1 N–H and O–H groups in total. The molecule has 7 rings (SSSR count). The number of piperidine rings is 1. The van der Waals surface area contributed by atoms with Crippen molar-refractivity contribution in [3.05, 3.63) is 68.4 Å². The van der Waals surface area contributed by atoms with Crippen molar-refractivity contribution in [3.63, 3.8) is 0 Å². The van der Waals surface area contributed by atoms with Gasteiger partial charge in [-0.25, -0.2) is 4.79 Å². The van der Waals surface area contributed by atoms with Crippen LogP contribution in [-0.2, 0) is 11.3 Å². The van der Waals surface area contributed by atoms with E-state index >= 15 is 0 Å². The van der Waals surface area contributed by atoms with Gasteiger partial charge in [-0.1, -0.05) is 51.1 Å². The van der Waals surface area contributed by atoms with Crippen molar-refractivity contribution in [2.75, 3.05) is 4.90 Å². The minimum absolute atomic E-state index is 0.0211. The first-order valence-corrected chi connectivity index (χ1v) is 14.7. The zero-order valence-corrected chi connectivity index (χ0v) is 24.0. The second-order valence-electron chi connectivity index (χ2n) is 10.8. The van der Waals surface area contributed by atoms with Crippen molar-refractivity contribution >= 4 is 46.8 Å². The number of ether oxygens (including phenoxy) is 1.